The van der Waals surface area contributed by atoms with E-state index in [1.807, 2.05) is 13.8 Å². The lowest BCUT2D eigenvalue weighted by Crippen LogP contribution is -2.62. The molecule has 0 aromatic rings. The second-order valence-corrected chi connectivity index (χ2v) is 13.0. The molecule has 8 nitrogen and oxygen atoms in total. The summed E-state index contributed by atoms with van der Waals surface area (Å²) in [6.45, 7) is 6.45. The molecule has 4 rings (SSSR count). The van der Waals surface area contributed by atoms with Crippen LogP contribution in [0.3, 0.4) is 0 Å². The maximum atomic E-state index is 13.3. The second kappa shape index (κ2) is 8.58. The van der Waals surface area contributed by atoms with E-state index in [0.717, 1.165) is 0 Å². The van der Waals surface area contributed by atoms with E-state index in [0.29, 0.717) is 37.7 Å². The fourth-order valence-electron chi connectivity index (χ4n) is 8.39. The van der Waals surface area contributed by atoms with E-state index in [4.69, 9.17) is 0 Å². The van der Waals surface area contributed by atoms with Crippen molar-refractivity contribution in [2.45, 2.75) is 114 Å². The van der Waals surface area contributed by atoms with Crippen molar-refractivity contribution in [2.24, 2.45) is 28.6 Å². The lowest BCUT2D eigenvalue weighted by atomic mass is 9.45. The number of aliphatic hydroxyl groups excluding tert-OH is 4. The molecule has 0 heterocycles. The molecule has 0 radical (unpaired) electrons. The first kappa shape index (κ1) is 27.2. The average Bonchev–Trinajstić information content (AvgIpc) is 3.06. The summed E-state index contributed by atoms with van der Waals surface area (Å²) in [6.07, 6.45) is 1.69. The van der Waals surface area contributed by atoms with E-state index in [1.165, 1.54) is 6.92 Å². The van der Waals surface area contributed by atoms with Gasteiger partial charge in [-0.1, -0.05) is 13.8 Å². The quantitative estimate of drug-likeness (QED) is 0.285. The lowest BCUT2D eigenvalue weighted by Gasteiger charge is -2.60. The van der Waals surface area contributed by atoms with Crippen LogP contribution in [-0.4, -0.2) is 83.3 Å². The average molecular weight is 497 g/mol. The molecule has 0 spiro atoms. The molecule has 0 aliphatic heterocycles. The zero-order valence-corrected chi connectivity index (χ0v) is 21.4. The van der Waals surface area contributed by atoms with Gasteiger partial charge in [0.05, 0.1) is 36.1 Å². The Bertz CT molecular complexity index is 882. The highest BCUT2D eigenvalue weighted by molar-refractivity contribution is 5.95. The van der Waals surface area contributed by atoms with E-state index in [9.17, 15) is 40.5 Å². The number of hydrogen-bond donors (Lipinski definition) is 7. The minimum absolute atomic E-state index is 0.0874. The Kier molecular flexibility index (Phi) is 6.66. The number of hydrogen-bond acceptors (Lipinski definition) is 8. The molecule has 7 N–H and O–H groups in total. The van der Waals surface area contributed by atoms with Crippen LogP contribution in [0, 0.1) is 28.6 Å². The van der Waals surface area contributed by atoms with Crippen LogP contribution in [0.5, 0.6) is 0 Å². The van der Waals surface area contributed by atoms with Gasteiger partial charge in [0.2, 0.25) is 0 Å². The third-order valence-corrected chi connectivity index (χ3v) is 10.8. The van der Waals surface area contributed by atoms with Crippen LogP contribution in [-0.2, 0) is 4.79 Å². The van der Waals surface area contributed by atoms with Gasteiger partial charge in [0, 0.05) is 11.3 Å². The van der Waals surface area contributed by atoms with Crippen molar-refractivity contribution in [2.75, 3.05) is 6.61 Å². The summed E-state index contributed by atoms with van der Waals surface area (Å²) in [7, 11) is 0. The second-order valence-electron chi connectivity index (χ2n) is 13.0. The van der Waals surface area contributed by atoms with E-state index in [1.54, 1.807) is 13.0 Å². The fraction of sp³-hybridized carbons (Fsp3) is 0.889. The predicted molar refractivity (Wildman–Crippen MR) is 128 cm³/mol. The Morgan fingerprint density at radius 2 is 1.74 bits per heavy atom. The van der Waals surface area contributed by atoms with Crippen molar-refractivity contribution in [1.29, 1.82) is 0 Å². The molecular formula is C27H44O8. The van der Waals surface area contributed by atoms with Gasteiger partial charge in [0.1, 0.15) is 5.60 Å². The number of ketones is 1. The van der Waals surface area contributed by atoms with E-state index in [-0.39, 0.29) is 42.8 Å². The van der Waals surface area contributed by atoms with Gasteiger partial charge in [-0.3, -0.25) is 4.79 Å². The van der Waals surface area contributed by atoms with Crippen LogP contribution in [0.1, 0.15) is 79.1 Å². The smallest absolute Gasteiger partial charge is 0.159 e. The van der Waals surface area contributed by atoms with E-state index < -0.39 is 52.6 Å². The normalized spacial score (nSPS) is 47.6. The molecular weight excluding hydrogens is 452 g/mol. The summed E-state index contributed by atoms with van der Waals surface area (Å²) in [6, 6.07) is 0. The van der Waals surface area contributed by atoms with Crippen LogP contribution >= 0.6 is 0 Å². The Morgan fingerprint density at radius 1 is 1.09 bits per heavy atom. The van der Waals surface area contributed by atoms with Gasteiger partial charge in [-0.2, -0.15) is 0 Å². The highest BCUT2D eigenvalue weighted by atomic mass is 16.4. The van der Waals surface area contributed by atoms with Crippen molar-refractivity contribution < 1.29 is 40.5 Å². The molecule has 0 aromatic heterocycles. The molecule has 11 atom stereocenters. The summed E-state index contributed by atoms with van der Waals surface area (Å²) >= 11 is 0. The van der Waals surface area contributed by atoms with Crippen molar-refractivity contribution in [1.82, 2.24) is 0 Å². The zero-order valence-electron chi connectivity index (χ0n) is 21.4. The third kappa shape index (κ3) is 3.95. The third-order valence-electron chi connectivity index (χ3n) is 10.8. The fourth-order valence-corrected chi connectivity index (χ4v) is 8.39. The molecule has 0 amide bonds. The molecule has 3 saturated carbocycles. The largest absolute Gasteiger partial charge is 0.393 e. The first-order valence-corrected chi connectivity index (χ1v) is 13.1. The Morgan fingerprint density at radius 3 is 2.37 bits per heavy atom. The monoisotopic (exact) mass is 496 g/mol. The number of carbonyl (C=O) groups is 1. The number of rotatable bonds is 6. The number of allylic oxidation sites excluding steroid dienone is 1. The maximum Gasteiger partial charge on any atom is 0.159 e. The number of fused-ring (bicyclic) bond motifs is 5. The first-order valence-electron chi connectivity index (χ1n) is 13.1. The lowest BCUT2D eigenvalue weighted by molar-refractivity contribution is -0.162. The van der Waals surface area contributed by atoms with Crippen molar-refractivity contribution in [3.05, 3.63) is 11.6 Å². The van der Waals surface area contributed by atoms with Crippen LogP contribution in [0.2, 0.25) is 0 Å². The van der Waals surface area contributed by atoms with Gasteiger partial charge in [0.25, 0.3) is 0 Å². The standard InChI is InChI=1S/C27H44O8/c1-23-13-20(31)19(30)12-17(23)18(29)11-16-15(23)5-8-24(2)21(6-10-27(16,24)35)25(3,33)9-7-22(32)26(4,34)14-28/h11,15,17,19-22,28,30-35H,5-10,12-14H2,1-4H3/t15-,17-,19+,20-,21-,22+,23+,24+,25-,26+,27+/m0/s1. The molecule has 3 fully saturated rings. The molecule has 0 saturated heterocycles. The summed E-state index contributed by atoms with van der Waals surface area (Å²) in [4.78, 5) is 13.3. The van der Waals surface area contributed by atoms with Crippen molar-refractivity contribution in [3.63, 3.8) is 0 Å². The van der Waals surface area contributed by atoms with Gasteiger partial charge in [0.15, 0.2) is 5.78 Å². The number of carbonyl (C=O) groups excluding carboxylic acids is 1. The SMILES string of the molecule is C[C@]12C[C@H](O)[C@H](O)C[C@H]1C(=O)C=C1[C@@H]2CC[C@]2(C)[C@@H]([C@@](C)(O)CC[C@@H](O)[C@](C)(O)CO)CC[C@@]12O. The van der Waals surface area contributed by atoms with Crippen molar-refractivity contribution >= 4 is 5.78 Å². The minimum atomic E-state index is -1.66. The molecule has 4 aliphatic rings. The van der Waals surface area contributed by atoms with Gasteiger partial charge in [-0.15, -0.1) is 0 Å². The maximum absolute atomic E-state index is 13.3. The molecule has 200 valence electrons. The first-order chi connectivity index (χ1) is 16.0. The molecule has 0 aromatic carbocycles. The summed E-state index contributed by atoms with van der Waals surface area (Å²) in [5.41, 5.74) is -4.71. The van der Waals surface area contributed by atoms with Crippen LogP contribution in [0.25, 0.3) is 0 Å². The van der Waals surface area contributed by atoms with E-state index in [2.05, 4.69) is 0 Å². The highest BCUT2D eigenvalue weighted by Gasteiger charge is 2.68. The number of aliphatic hydroxyl groups is 7. The Hall–Kier alpha value is -0.870. The molecule has 35 heavy (non-hydrogen) atoms. The highest BCUT2D eigenvalue weighted by Crippen LogP contribution is 2.68. The Labute approximate surface area is 207 Å². The zero-order chi connectivity index (χ0) is 26.2. The summed E-state index contributed by atoms with van der Waals surface area (Å²) in [5, 5.41) is 74.3. The van der Waals surface area contributed by atoms with Gasteiger partial charge in [-0.25, -0.2) is 0 Å². The van der Waals surface area contributed by atoms with Crippen molar-refractivity contribution in [3.8, 4) is 0 Å². The molecule has 0 bridgehead atoms. The van der Waals surface area contributed by atoms with Gasteiger partial charge in [-0.05, 0) is 94.1 Å². The topological polar surface area (TPSA) is 159 Å². The Balaban J connectivity index is 1.62. The molecule has 0 unspecified atom stereocenters. The predicted octanol–water partition coefficient (Wildman–Crippen LogP) is 0.826. The molecule has 4 aliphatic carbocycles. The molecule has 8 heteroatoms. The van der Waals surface area contributed by atoms with Gasteiger partial charge < -0.3 is 35.7 Å². The summed E-state index contributed by atoms with van der Waals surface area (Å²) < 4.78 is 0. The summed E-state index contributed by atoms with van der Waals surface area (Å²) in [5.74, 6) is -0.876. The van der Waals surface area contributed by atoms with Crippen LogP contribution in [0.15, 0.2) is 11.6 Å². The van der Waals surface area contributed by atoms with Crippen LogP contribution < -0.4 is 0 Å². The van der Waals surface area contributed by atoms with E-state index >= 15 is 0 Å². The minimum Gasteiger partial charge on any atom is -0.393 e. The van der Waals surface area contributed by atoms with Crippen LogP contribution in [0.4, 0.5) is 0 Å². The van der Waals surface area contributed by atoms with Gasteiger partial charge >= 0.3 is 0 Å².